The maximum absolute atomic E-state index is 10.4. The van der Waals surface area contributed by atoms with E-state index in [2.05, 4.69) is 4.99 Å². The summed E-state index contributed by atoms with van der Waals surface area (Å²) in [5.41, 5.74) is 2.16. The topological polar surface area (TPSA) is 29.4 Å². The molecule has 0 aromatic heterocycles. The van der Waals surface area contributed by atoms with Gasteiger partial charge >= 0.3 is 0 Å². The summed E-state index contributed by atoms with van der Waals surface area (Å²) in [6.45, 7) is 0. The molecule has 17 heavy (non-hydrogen) atoms. The Bertz CT molecular complexity index is 451. The molecule has 0 aliphatic rings. The van der Waals surface area contributed by atoms with Gasteiger partial charge in [0.2, 0.25) is 0 Å². The largest absolute Gasteiger partial charge is 0.297 e. The molecule has 0 N–H and O–H groups in total. The number of benzene rings is 2. The van der Waals surface area contributed by atoms with Crippen molar-refractivity contribution in [1.29, 1.82) is 0 Å². The molecule has 0 amide bonds. The van der Waals surface area contributed by atoms with Crippen LogP contribution in [-0.2, 0) is 4.79 Å². The number of carbonyl (C=O) groups is 1. The molecule has 0 atom stereocenters. The number of carbonyl (C=O) groups excluding carboxylic acids is 1. The zero-order valence-electron chi connectivity index (χ0n) is 9.36. The lowest BCUT2D eigenvalue weighted by atomic mass is 9.99. The van der Waals surface area contributed by atoms with Crippen LogP contribution in [0.1, 0.15) is 17.2 Å². The minimum Gasteiger partial charge on any atom is -0.297 e. The zero-order valence-corrected chi connectivity index (χ0v) is 9.36. The average Bonchev–Trinajstić information content (AvgIpc) is 2.42. The van der Waals surface area contributed by atoms with E-state index in [1.165, 1.54) is 6.21 Å². The van der Waals surface area contributed by atoms with Crippen molar-refractivity contribution in [3.8, 4) is 0 Å². The van der Waals surface area contributed by atoms with Gasteiger partial charge in [0.1, 0.15) is 6.04 Å². The molecule has 0 spiro atoms. The zero-order chi connectivity index (χ0) is 11.9. The number of rotatable bonds is 4. The molecule has 0 heterocycles. The predicted octanol–water partition coefficient (Wildman–Crippen LogP) is 3.05. The van der Waals surface area contributed by atoms with Gasteiger partial charge in [-0.15, -0.1) is 0 Å². The van der Waals surface area contributed by atoms with Crippen molar-refractivity contribution in [3.05, 3.63) is 71.8 Å². The van der Waals surface area contributed by atoms with Gasteiger partial charge in [-0.05, 0) is 11.1 Å². The Hall–Kier alpha value is -2.22. The van der Waals surface area contributed by atoms with E-state index in [4.69, 9.17) is 0 Å². The number of aliphatic imine (C=N–C) groups is 1. The van der Waals surface area contributed by atoms with Crippen molar-refractivity contribution in [3.63, 3.8) is 0 Å². The summed E-state index contributed by atoms with van der Waals surface area (Å²) in [5, 5.41) is 0. The lowest BCUT2D eigenvalue weighted by Gasteiger charge is -2.12. The lowest BCUT2D eigenvalue weighted by molar-refractivity contribution is -0.102. The number of nitrogens with zero attached hydrogens (tertiary/aromatic N) is 1. The Morgan fingerprint density at radius 3 is 1.71 bits per heavy atom. The molecule has 0 fully saturated rings. The fourth-order valence-corrected chi connectivity index (χ4v) is 1.76. The molecule has 2 aromatic rings. The number of hydrogen-bond acceptors (Lipinski definition) is 2. The predicted molar refractivity (Wildman–Crippen MR) is 69.3 cm³/mol. The Morgan fingerprint density at radius 1 is 0.824 bits per heavy atom. The van der Waals surface area contributed by atoms with E-state index in [-0.39, 0.29) is 6.04 Å². The second-order valence-electron chi connectivity index (χ2n) is 3.66. The SMILES string of the molecule is O=CC=NC(c1ccccc1)c1ccccc1. The van der Waals surface area contributed by atoms with Crippen molar-refractivity contribution in [2.45, 2.75) is 6.04 Å². The molecule has 2 nitrogen and oxygen atoms in total. The first kappa shape index (κ1) is 11.3. The monoisotopic (exact) mass is 223 g/mol. The molecule has 0 aliphatic carbocycles. The van der Waals surface area contributed by atoms with E-state index in [9.17, 15) is 4.79 Å². The molecule has 0 radical (unpaired) electrons. The van der Waals surface area contributed by atoms with Gasteiger partial charge in [-0.2, -0.15) is 0 Å². The van der Waals surface area contributed by atoms with Crippen LogP contribution in [-0.4, -0.2) is 12.5 Å². The van der Waals surface area contributed by atoms with E-state index in [0.717, 1.165) is 11.1 Å². The highest BCUT2D eigenvalue weighted by atomic mass is 16.1. The Balaban J connectivity index is 2.39. The number of hydrogen-bond donors (Lipinski definition) is 0. The summed E-state index contributed by atoms with van der Waals surface area (Å²) in [6, 6.07) is 19.8. The fourth-order valence-electron chi connectivity index (χ4n) is 1.76. The summed E-state index contributed by atoms with van der Waals surface area (Å²) in [4.78, 5) is 14.7. The van der Waals surface area contributed by atoms with Gasteiger partial charge < -0.3 is 0 Å². The van der Waals surface area contributed by atoms with Crippen LogP contribution in [0.15, 0.2) is 65.7 Å². The maximum Gasteiger partial charge on any atom is 0.160 e. The van der Waals surface area contributed by atoms with Crippen LogP contribution in [0.4, 0.5) is 0 Å². The van der Waals surface area contributed by atoms with Gasteiger partial charge in [0.25, 0.3) is 0 Å². The third-order valence-electron chi connectivity index (χ3n) is 2.53. The Kier molecular flexibility index (Phi) is 3.81. The lowest BCUT2D eigenvalue weighted by Crippen LogP contribution is -1.98. The Morgan fingerprint density at radius 2 is 1.29 bits per heavy atom. The van der Waals surface area contributed by atoms with Crippen molar-refractivity contribution in [2.75, 3.05) is 0 Å². The first-order valence-electron chi connectivity index (χ1n) is 5.48. The van der Waals surface area contributed by atoms with Crippen LogP contribution >= 0.6 is 0 Å². The van der Waals surface area contributed by atoms with Crippen molar-refractivity contribution < 1.29 is 4.79 Å². The molecule has 0 saturated heterocycles. The highest BCUT2D eigenvalue weighted by molar-refractivity contribution is 6.12. The minimum absolute atomic E-state index is 0.109. The van der Waals surface area contributed by atoms with Crippen LogP contribution in [0.2, 0.25) is 0 Å². The van der Waals surface area contributed by atoms with Gasteiger partial charge in [0.05, 0.1) is 6.21 Å². The molecule has 0 aliphatic heterocycles. The molecule has 0 saturated carbocycles. The average molecular weight is 223 g/mol. The molecule has 2 aromatic carbocycles. The highest BCUT2D eigenvalue weighted by Crippen LogP contribution is 2.25. The second kappa shape index (κ2) is 5.75. The third-order valence-corrected chi connectivity index (χ3v) is 2.53. The van der Waals surface area contributed by atoms with Crippen molar-refractivity contribution >= 4 is 12.5 Å². The first-order valence-corrected chi connectivity index (χ1v) is 5.48. The molecule has 0 unspecified atom stereocenters. The summed E-state index contributed by atoms with van der Waals surface area (Å²) >= 11 is 0. The summed E-state index contributed by atoms with van der Waals surface area (Å²) in [7, 11) is 0. The van der Waals surface area contributed by atoms with Crippen molar-refractivity contribution in [1.82, 2.24) is 0 Å². The van der Waals surface area contributed by atoms with Crippen LogP contribution < -0.4 is 0 Å². The molecule has 2 heteroatoms. The Labute approximate surface area is 101 Å². The van der Waals surface area contributed by atoms with Crippen LogP contribution in [0.5, 0.6) is 0 Å². The maximum atomic E-state index is 10.4. The fraction of sp³-hybridized carbons (Fsp3) is 0.0667. The minimum atomic E-state index is -0.109. The van der Waals surface area contributed by atoms with Crippen LogP contribution in [0, 0.1) is 0 Å². The molecule has 2 rings (SSSR count). The van der Waals surface area contributed by atoms with E-state index in [0.29, 0.717) is 6.29 Å². The van der Waals surface area contributed by atoms with Crippen LogP contribution in [0.3, 0.4) is 0 Å². The van der Waals surface area contributed by atoms with Gasteiger partial charge in [-0.1, -0.05) is 60.7 Å². The van der Waals surface area contributed by atoms with E-state index >= 15 is 0 Å². The van der Waals surface area contributed by atoms with E-state index in [1.807, 2.05) is 60.7 Å². The van der Waals surface area contributed by atoms with E-state index < -0.39 is 0 Å². The first-order chi connectivity index (χ1) is 8.42. The molecule has 0 bridgehead atoms. The van der Waals surface area contributed by atoms with Gasteiger partial charge in [-0.3, -0.25) is 9.79 Å². The molecule has 84 valence electrons. The summed E-state index contributed by atoms with van der Waals surface area (Å²) < 4.78 is 0. The number of aldehydes is 1. The van der Waals surface area contributed by atoms with E-state index in [1.54, 1.807) is 0 Å². The third kappa shape index (κ3) is 2.88. The normalized spacial score (nSPS) is 10.9. The molecular weight excluding hydrogens is 210 g/mol. The molecular formula is C15H13NO. The second-order valence-corrected chi connectivity index (χ2v) is 3.66. The standard InChI is InChI=1S/C15H13NO/c17-12-11-16-15(13-7-3-1-4-8-13)14-9-5-2-6-10-14/h1-12,15H. The van der Waals surface area contributed by atoms with Crippen molar-refractivity contribution in [2.24, 2.45) is 4.99 Å². The highest BCUT2D eigenvalue weighted by Gasteiger charge is 2.10. The quantitative estimate of drug-likeness (QED) is 0.578. The smallest absolute Gasteiger partial charge is 0.160 e. The van der Waals surface area contributed by atoms with Gasteiger partial charge in [-0.25, -0.2) is 0 Å². The van der Waals surface area contributed by atoms with Gasteiger partial charge in [0.15, 0.2) is 6.29 Å². The van der Waals surface area contributed by atoms with Crippen LogP contribution in [0.25, 0.3) is 0 Å². The summed E-state index contributed by atoms with van der Waals surface area (Å²) in [5.74, 6) is 0. The summed E-state index contributed by atoms with van der Waals surface area (Å²) in [6.07, 6.45) is 2.02. The van der Waals surface area contributed by atoms with Gasteiger partial charge in [0, 0.05) is 0 Å².